The van der Waals surface area contributed by atoms with E-state index in [1.807, 2.05) is 43.3 Å². The number of rotatable bonds is 3. The first-order valence-electron chi connectivity index (χ1n) is 6.87. The van der Waals surface area contributed by atoms with Crippen molar-refractivity contribution in [1.29, 1.82) is 0 Å². The van der Waals surface area contributed by atoms with Crippen LogP contribution in [0.5, 0.6) is 11.6 Å². The minimum absolute atomic E-state index is 0.550. The van der Waals surface area contributed by atoms with E-state index in [-0.39, 0.29) is 0 Å². The average molecular weight is 279 g/mol. The van der Waals surface area contributed by atoms with Crippen LogP contribution in [-0.2, 0) is 0 Å². The SMILES string of the molecule is CNc1nc(Oc2cccc(C)c2C)c2ccccc2n1. The Morgan fingerprint density at radius 1 is 0.952 bits per heavy atom. The summed E-state index contributed by atoms with van der Waals surface area (Å²) in [5.41, 5.74) is 3.17. The molecule has 0 radical (unpaired) electrons. The standard InChI is InChI=1S/C17H17N3O/c1-11-7-6-10-15(12(11)2)21-16-13-8-4-5-9-14(13)19-17(18-3)20-16/h4-10H,1-3H3,(H,18,19,20). The van der Waals surface area contributed by atoms with E-state index in [4.69, 9.17) is 4.74 Å². The molecule has 0 spiro atoms. The number of hydrogen-bond donors (Lipinski definition) is 1. The van der Waals surface area contributed by atoms with Gasteiger partial charge in [0, 0.05) is 7.05 Å². The van der Waals surface area contributed by atoms with Crippen molar-refractivity contribution in [2.75, 3.05) is 12.4 Å². The van der Waals surface area contributed by atoms with Gasteiger partial charge in [0.2, 0.25) is 11.8 Å². The predicted octanol–water partition coefficient (Wildman–Crippen LogP) is 4.08. The Morgan fingerprint density at radius 3 is 2.57 bits per heavy atom. The predicted molar refractivity (Wildman–Crippen MR) is 85.1 cm³/mol. The van der Waals surface area contributed by atoms with Gasteiger partial charge in [-0.15, -0.1) is 0 Å². The van der Waals surface area contributed by atoms with Crippen LogP contribution < -0.4 is 10.1 Å². The van der Waals surface area contributed by atoms with Crippen LogP contribution in [0.3, 0.4) is 0 Å². The zero-order valence-corrected chi connectivity index (χ0v) is 12.3. The van der Waals surface area contributed by atoms with Gasteiger partial charge in [0.25, 0.3) is 0 Å². The molecule has 0 unspecified atom stereocenters. The third-order valence-electron chi connectivity index (χ3n) is 3.55. The first-order valence-corrected chi connectivity index (χ1v) is 6.87. The molecule has 0 aliphatic rings. The van der Waals surface area contributed by atoms with Crippen LogP contribution in [0.2, 0.25) is 0 Å². The molecule has 0 saturated carbocycles. The highest BCUT2D eigenvalue weighted by atomic mass is 16.5. The van der Waals surface area contributed by atoms with E-state index in [0.717, 1.165) is 22.2 Å². The molecular formula is C17H17N3O. The number of nitrogens with one attached hydrogen (secondary N) is 1. The molecule has 106 valence electrons. The molecule has 3 aromatic rings. The zero-order valence-electron chi connectivity index (χ0n) is 12.3. The molecule has 4 heteroatoms. The molecule has 0 fully saturated rings. The van der Waals surface area contributed by atoms with Crippen LogP contribution in [0.25, 0.3) is 10.9 Å². The third-order valence-corrected chi connectivity index (χ3v) is 3.55. The molecule has 0 saturated heterocycles. The number of para-hydroxylation sites is 1. The summed E-state index contributed by atoms with van der Waals surface area (Å²) >= 11 is 0. The lowest BCUT2D eigenvalue weighted by Crippen LogP contribution is -2.00. The fourth-order valence-electron chi connectivity index (χ4n) is 2.18. The molecule has 0 atom stereocenters. The van der Waals surface area contributed by atoms with E-state index in [1.54, 1.807) is 7.05 Å². The minimum Gasteiger partial charge on any atom is -0.438 e. The average Bonchev–Trinajstić information content (AvgIpc) is 2.51. The molecule has 21 heavy (non-hydrogen) atoms. The van der Waals surface area contributed by atoms with Gasteiger partial charge in [-0.3, -0.25) is 0 Å². The lowest BCUT2D eigenvalue weighted by atomic mass is 10.1. The second kappa shape index (κ2) is 5.40. The molecule has 1 N–H and O–H groups in total. The number of benzene rings is 2. The second-order valence-corrected chi connectivity index (χ2v) is 4.92. The van der Waals surface area contributed by atoms with Crippen LogP contribution in [0, 0.1) is 13.8 Å². The molecule has 4 nitrogen and oxygen atoms in total. The number of aromatic nitrogens is 2. The van der Waals surface area contributed by atoms with Crippen LogP contribution in [0.4, 0.5) is 5.95 Å². The maximum absolute atomic E-state index is 6.05. The molecule has 1 aromatic heterocycles. The first-order chi connectivity index (χ1) is 10.2. The summed E-state index contributed by atoms with van der Waals surface area (Å²) in [5.74, 6) is 1.94. The lowest BCUT2D eigenvalue weighted by Gasteiger charge is -2.12. The highest BCUT2D eigenvalue weighted by molar-refractivity contribution is 5.84. The number of hydrogen-bond acceptors (Lipinski definition) is 4. The normalized spacial score (nSPS) is 10.6. The topological polar surface area (TPSA) is 47.0 Å². The van der Waals surface area contributed by atoms with Gasteiger partial charge in [-0.05, 0) is 43.2 Å². The largest absolute Gasteiger partial charge is 0.438 e. The van der Waals surface area contributed by atoms with Crippen molar-refractivity contribution in [3.8, 4) is 11.6 Å². The second-order valence-electron chi connectivity index (χ2n) is 4.92. The van der Waals surface area contributed by atoms with Crippen molar-refractivity contribution in [1.82, 2.24) is 9.97 Å². The van der Waals surface area contributed by atoms with Crippen LogP contribution >= 0.6 is 0 Å². The maximum Gasteiger partial charge on any atom is 0.231 e. The molecule has 0 bridgehead atoms. The smallest absolute Gasteiger partial charge is 0.231 e. The van der Waals surface area contributed by atoms with Crippen molar-refractivity contribution in [3.63, 3.8) is 0 Å². The third kappa shape index (κ3) is 2.52. The Hall–Kier alpha value is -2.62. The molecule has 3 rings (SSSR count). The summed E-state index contributed by atoms with van der Waals surface area (Å²) < 4.78 is 6.05. The number of ether oxygens (including phenoxy) is 1. The van der Waals surface area contributed by atoms with Crippen molar-refractivity contribution in [2.45, 2.75) is 13.8 Å². The maximum atomic E-state index is 6.05. The van der Waals surface area contributed by atoms with E-state index in [2.05, 4.69) is 28.3 Å². The van der Waals surface area contributed by atoms with E-state index >= 15 is 0 Å². The Labute approximate surface area is 123 Å². The van der Waals surface area contributed by atoms with Gasteiger partial charge in [-0.1, -0.05) is 24.3 Å². The summed E-state index contributed by atoms with van der Waals surface area (Å²) in [5, 5.41) is 3.87. The fourth-order valence-corrected chi connectivity index (χ4v) is 2.18. The highest BCUT2D eigenvalue weighted by Gasteiger charge is 2.10. The fraction of sp³-hybridized carbons (Fsp3) is 0.176. The Morgan fingerprint density at radius 2 is 1.76 bits per heavy atom. The quantitative estimate of drug-likeness (QED) is 0.784. The zero-order chi connectivity index (χ0) is 14.8. The Balaban J connectivity index is 2.13. The van der Waals surface area contributed by atoms with Crippen LogP contribution in [0.15, 0.2) is 42.5 Å². The van der Waals surface area contributed by atoms with Gasteiger partial charge in [0.1, 0.15) is 5.75 Å². The van der Waals surface area contributed by atoms with Gasteiger partial charge in [0.05, 0.1) is 10.9 Å². The summed E-state index contributed by atoms with van der Waals surface area (Å²) in [6.07, 6.45) is 0. The summed E-state index contributed by atoms with van der Waals surface area (Å²) in [6.45, 7) is 4.12. The minimum atomic E-state index is 0.550. The van der Waals surface area contributed by atoms with Crippen molar-refractivity contribution in [3.05, 3.63) is 53.6 Å². The van der Waals surface area contributed by atoms with Gasteiger partial charge < -0.3 is 10.1 Å². The van der Waals surface area contributed by atoms with Crippen molar-refractivity contribution in [2.24, 2.45) is 0 Å². The Kier molecular flexibility index (Phi) is 3.44. The highest BCUT2D eigenvalue weighted by Crippen LogP contribution is 2.31. The monoisotopic (exact) mass is 279 g/mol. The number of nitrogens with zero attached hydrogens (tertiary/aromatic N) is 2. The molecule has 0 aliphatic heterocycles. The molecular weight excluding hydrogens is 262 g/mol. The Bertz CT molecular complexity index is 799. The first kappa shape index (κ1) is 13.4. The van der Waals surface area contributed by atoms with Gasteiger partial charge in [-0.25, -0.2) is 4.98 Å². The summed E-state index contributed by atoms with van der Waals surface area (Å²) in [7, 11) is 1.80. The number of anilines is 1. The molecule has 2 aromatic carbocycles. The number of fused-ring (bicyclic) bond motifs is 1. The van der Waals surface area contributed by atoms with Crippen LogP contribution in [0.1, 0.15) is 11.1 Å². The molecule has 0 aliphatic carbocycles. The van der Waals surface area contributed by atoms with Gasteiger partial charge >= 0.3 is 0 Å². The van der Waals surface area contributed by atoms with Crippen LogP contribution in [-0.4, -0.2) is 17.0 Å². The molecule has 0 amide bonds. The molecule has 1 heterocycles. The lowest BCUT2D eigenvalue weighted by molar-refractivity contribution is 0.465. The van der Waals surface area contributed by atoms with Crippen molar-refractivity contribution < 1.29 is 4.74 Å². The van der Waals surface area contributed by atoms with E-state index in [0.29, 0.717) is 11.8 Å². The van der Waals surface area contributed by atoms with Crippen molar-refractivity contribution >= 4 is 16.9 Å². The summed E-state index contributed by atoms with van der Waals surface area (Å²) in [4.78, 5) is 8.87. The summed E-state index contributed by atoms with van der Waals surface area (Å²) in [6, 6.07) is 13.8. The number of aryl methyl sites for hydroxylation is 1. The van der Waals surface area contributed by atoms with Gasteiger partial charge in [-0.2, -0.15) is 4.98 Å². The van der Waals surface area contributed by atoms with E-state index in [9.17, 15) is 0 Å². The van der Waals surface area contributed by atoms with E-state index in [1.165, 1.54) is 5.56 Å². The van der Waals surface area contributed by atoms with Gasteiger partial charge in [0.15, 0.2) is 0 Å². The van der Waals surface area contributed by atoms with E-state index < -0.39 is 0 Å².